The predicted octanol–water partition coefficient (Wildman–Crippen LogP) is 4.42. The third-order valence-electron chi connectivity index (χ3n) is 5.58. The molecule has 0 aromatic heterocycles. The molecule has 2 aliphatic heterocycles. The molecule has 2 saturated heterocycles. The van der Waals surface area contributed by atoms with Gasteiger partial charge in [-0.2, -0.15) is 0 Å². The van der Waals surface area contributed by atoms with Crippen molar-refractivity contribution in [2.45, 2.75) is 44.2 Å². The lowest BCUT2D eigenvalue weighted by molar-refractivity contribution is -0.131. The Morgan fingerprint density at radius 1 is 0.960 bits per heavy atom. The van der Waals surface area contributed by atoms with Crippen molar-refractivity contribution in [2.24, 2.45) is 0 Å². The number of benzene rings is 2. The normalized spacial score (nSPS) is 23.8. The van der Waals surface area contributed by atoms with Crippen molar-refractivity contribution in [1.82, 2.24) is 4.90 Å². The molecule has 0 aliphatic carbocycles. The highest BCUT2D eigenvalue weighted by atomic mass is 16.5. The molecule has 0 bridgehead atoms. The van der Waals surface area contributed by atoms with Crippen LogP contribution in [0.25, 0.3) is 11.1 Å². The number of ether oxygens (including phenoxy) is 1. The van der Waals surface area contributed by atoms with Crippen LogP contribution in [0.1, 0.15) is 37.7 Å². The third kappa shape index (κ3) is 3.62. The third-order valence-corrected chi connectivity index (χ3v) is 5.58. The molecule has 2 aliphatic rings. The number of hydrogen-bond acceptors (Lipinski definition) is 2. The summed E-state index contributed by atoms with van der Waals surface area (Å²) in [6.45, 7) is 2.34. The Bertz CT molecular complexity index is 735. The lowest BCUT2D eigenvalue weighted by atomic mass is 9.92. The summed E-state index contributed by atoms with van der Waals surface area (Å²) >= 11 is 0. The van der Waals surface area contributed by atoms with Crippen LogP contribution in [0, 0.1) is 0 Å². The van der Waals surface area contributed by atoms with Crippen molar-refractivity contribution in [3.8, 4) is 11.1 Å². The van der Waals surface area contributed by atoms with E-state index in [2.05, 4.69) is 48.5 Å². The topological polar surface area (TPSA) is 29.5 Å². The minimum atomic E-state index is -0.0315. The van der Waals surface area contributed by atoms with Gasteiger partial charge in [-0.25, -0.2) is 0 Å². The maximum absolute atomic E-state index is 12.6. The molecule has 1 spiro atoms. The molecule has 0 saturated carbocycles. The first-order valence-corrected chi connectivity index (χ1v) is 9.30. The first-order valence-electron chi connectivity index (χ1n) is 9.30. The molecule has 25 heavy (non-hydrogen) atoms. The van der Waals surface area contributed by atoms with Gasteiger partial charge in [-0.05, 0) is 48.4 Å². The van der Waals surface area contributed by atoms with Crippen LogP contribution in [0.3, 0.4) is 0 Å². The zero-order chi connectivity index (χ0) is 17.1. The van der Waals surface area contributed by atoms with Gasteiger partial charge in [0.1, 0.15) is 0 Å². The first kappa shape index (κ1) is 16.3. The van der Waals surface area contributed by atoms with E-state index in [0.29, 0.717) is 13.0 Å². The summed E-state index contributed by atoms with van der Waals surface area (Å²) in [4.78, 5) is 14.6. The van der Waals surface area contributed by atoms with Gasteiger partial charge in [-0.1, -0.05) is 48.5 Å². The van der Waals surface area contributed by atoms with Gasteiger partial charge in [0.15, 0.2) is 0 Å². The van der Waals surface area contributed by atoms with Crippen LogP contribution in [0.4, 0.5) is 0 Å². The monoisotopic (exact) mass is 335 g/mol. The molecule has 4 rings (SSSR count). The Morgan fingerprint density at radius 2 is 1.80 bits per heavy atom. The van der Waals surface area contributed by atoms with E-state index < -0.39 is 0 Å². The molecule has 2 fully saturated rings. The second kappa shape index (κ2) is 7.01. The van der Waals surface area contributed by atoms with Crippen LogP contribution in [0.5, 0.6) is 0 Å². The van der Waals surface area contributed by atoms with Crippen molar-refractivity contribution in [3.63, 3.8) is 0 Å². The highest BCUT2D eigenvalue weighted by molar-refractivity contribution is 5.76. The molecule has 1 amide bonds. The standard InChI is InChI=1S/C22H25NO2/c24-21-10-12-22(11-5-15-25-22)13-14-23(21)17-18-6-4-9-20(16-18)19-7-2-1-3-8-19/h1-4,6-9,16H,5,10-15,17H2. The number of carbonyl (C=O) groups excluding carboxylic acids is 1. The van der Waals surface area contributed by atoms with Gasteiger partial charge >= 0.3 is 0 Å². The van der Waals surface area contributed by atoms with Gasteiger partial charge in [-0.15, -0.1) is 0 Å². The SMILES string of the molecule is O=C1CCC2(CCCO2)CCN1Cc1cccc(-c2ccccc2)c1. The van der Waals surface area contributed by atoms with E-state index in [0.717, 1.165) is 38.8 Å². The fourth-order valence-electron chi connectivity index (χ4n) is 4.10. The van der Waals surface area contributed by atoms with Gasteiger partial charge < -0.3 is 9.64 Å². The van der Waals surface area contributed by atoms with Crippen LogP contribution >= 0.6 is 0 Å². The second-order valence-corrected chi connectivity index (χ2v) is 7.27. The molecule has 2 aromatic rings. The zero-order valence-electron chi connectivity index (χ0n) is 14.6. The van der Waals surface area contributed by atoms with Gasteiger partial charge in [-0.3, -0.25) is 4.79 Å². The molecule has 2 aromatic carbocycles. The van der Waals surface area contributed by atoms with Crippen LogP contribution < -0.4 is 0 Å². The van der Waals surface area contributed by atoms with Crippen LogP contribution in [-0.2, 0) is 16.1 Å². The minimum Gasteiger partial charge on any atom is -0.375 e. The Balaban J connectivity index is 1.49. The molecule has 3 nitrogen and oxygen atoms in total. The van der Waals surface area contributed by atoms with Gasteiger partial charge in [0.2, 0.25) is 5.91 Å². The summed E-state index contributed by atoms with van der Waals surface area (Å²) in [6, 6.07) is 18.9. The van der Waals surface area contributed by atoms with E-state index in [1.54, 1.807) is 0 Å². The second-order valence-electron chi connectivity index (χ2n) is 7.27. The lowest BCUT2D eigenvalue weighted by Gasteiger charge is -2.26. The Labute approximate surface area is 149 Å². The summed E-state index contributed by atoms with van der Waals surface area (Å²) < 4.78 is 6.01. The lowest BCUT2D eigenvalue weighted by Crippen LogP contribution is -2.32. The smallest absolute Gasteiger partial charge is 0.222 e. The summed E-state index contributed by atoms with van der Waals surface area (Å²) in [7, 11) is 0. The number of hydrogen-bond donors (Lipinski definition) is 0. The molecule has 3 heteroatoms. The summed E-state index contributed by atoms with van der Waals surface area (Å²) in [5, 5.41) is 0. The zero-order valence-corrected chi connectivity index (χ0v) is 14.6. The van der Waals surface area contributed by atoms with Crippen molar-refractivity contribution in [1.29, 1.82) is 0 Å². The van der Waals surface area contributed by atoms with Crippen molar-refractivity contribution < 1.29 is 9.53 Å². The summed E-state index contributed by atoms with van der Waals surface area (Å²) in [5.41, 5.74) is 3.58. The quantitative estimate of drug-likeness (QED) is 0.831. The van der Waals surface area contributed by atoms with E-state index in [1.165, 1.54) is 16.7 Å². The highest BCUT2D eigenvalue weighted by Gasteiger charge is 2.38. The maximum Gasteiger partial charge on any atom is 0.222 e. The Kier molecular flexibility index (Phi) is 4.58. The molecule has 0 radical (unpaired) electrons. The first-order chi connectivity index (χ1) is 12.2. The van der Waals surface area contributed by atoms with Crippen molar-refractivity contribution in [2.75, 3.05) is 13.2 Å². The van der Waals surface area contributed by atoms with Gasteiger partial charge in [0.05, 0.1) is 5.60 Å². The average molecular weight is 335 g/mol. The van der Waals surface area contributed by atoms with Crippen molar-refractivity contribution >= 4 is 5.91 Å². The molecule has 1 atom stereocenters. The van der Waals surface area contributed by atoms with E-state index in [-0.39, 0.29) is 11.5 Å². The van der Waals surface area contributed by atoms with Crippen LogP contribution in [-0.4, -0.2) is 29.6 Å². The summed E-state index contributed by atoms with van der Waals surface area (Å²) in [5.74, 6) is 0.262. The van der Waals surface area contributed by atoms with Gasteiger partial charge in [0, 0.05) is 26.1 Å². The summed E-state index contributed by atoms with van der Waals surface area (Å²) in [6.07, 6.45) is 4.70. The Hall–Kier alpha value is -2.13. The predicted molar refractivity (Wildman–Crippen MR) is 99.1 cm³/mol. The molecular weight excluding hydrogens is 310 g/mol. The Morgan fingerprint density at radius 3 is 2.60 bits per heavy atom. The largest absolute Gasteiger partial charge is 0.375 e. The number of likely N-dealkylation sites (tertiary alicyclic amines) is 1. The fraction of sp³-hybridized carbons (Fsp3) is 0.409. The minimum absolute atomic E-state index is 0.0315. The number of carbonyl (C=O) groups is 1. The van der Waals surface area contributed by atoms with Crippen LogP contribution in [0.15, 0.2) is 54.6 Å². The molecule has 0 N–H and O–H groups in total. The molecule has 1 unspecified atom stereocenters. The molecular formula is C22H25NO2. The molecule has 130 valence electrons. The fourth-order valence-corrected chi connectivity index (χ4v) is 4.10. The maximum atomic E-state index is 12.6. The van der Waals surface area contributed by atoms with Gasteiger partial charge in [0.25, 0.3) is 0 Å². The highest BCUT2D eigenvalue weighted by Crippen LogP contribution is 2.36. The van der Waals surface area contributed by atoms with Crippen molar-refractivity contribution in [3.05, 3.63) is 60.2 Å². The van der Waals surface area contributed by atoms with E-state index in [1.807, 2.05) is 11.0 Å². The number of amides is 1. The molecule has 2 heterocycles. The van der Waals surface area contributed by atoms with E-state index >= 15 is 0 Å². The average Bonchev–Trinajstić information content (AvgIpc) is 3.07. The number of nitrogens with zero attached hydrogens (tertiary/aromatic N) is 1. The van der Waals surface area contributed by atoms with Crippen LogP contribution in [0.2, 0.25) is 0 Å². The number of rotatable bonds is 3. The van der Waals surface area contributed by atoms with E-state index in [4.69, 9.17) is 4.74 Å². The van der Waals surface area contributed by atoms with E-state index in [9.17, 15) is 4.79 Å².